The minimum atomic E-state index is -0.844. The highest BCUT2D eigenvalue weighted by Gasteiger charge is 2.14. The molecular weight excluding hydrogens is 296 g/mol. The number of rotatable bonds is 6. The molecule has 0 unspecified atom stereocenters. The normalized spacial score (nSPS) is 11.4. The molecule has 0 atom stereocenters. The number of carbonyl (C=O) groups is 1. The number of nitrogens with zero attached hydrogens (tertiary/aromatic N) is 2. The summed E-state index contributed by atoms with van der Waals surface area (Å²) in [7, 11) is 0. The maximum Gasteiger partial charge on any atom is 0.313 e. The van der Waals surface area contributed by atoms with E-state index in [1.165, 1.54) is 11.8 Å². The third kappa shape index (κ3) is 3.46. The van der Waals surface area contributed by atoms with Crippen LogP contribution in [0.1, 0.15) is 20.3 Å². The predicted molar refractivity (Wildman–Crippen MR) is 82.6 cm³/mol. The van der Waals surface area contributed by atoms with Gasteiger partial charge in [0, 0.05) is 6.54 Å². The molecule has 6 heteroatoms. The topological polar surface area (TPSA) is 55.1 Å². The van der Waals surface area contributed by atoms with Gasteiger partial charge in [0.05, 0.1) is 16.3 Å². The van der Waals surface area contributed by atoms with Crippen LogP contribution in [0.5, 0.6) is 0 Å². The van der Waals surface area contributed by atoms with Crippen LogP contribution < -0.4 is 0 Å². The second-order valence-electron chi connectivity index (χ2n) is 5.02. The molecule has 0 amide bonds. The molecule has 0 spiro atoms. The Balaban J connectivity index is 2.39. The Morgan fingerprint density at radius 1 is 1.50 bits per heavy atom. The summed E-state index contributed by atoms with van der Waals surface area (Å²) in [6.07, 6.45) is 1.01. The number of aromatic nitrogens is 2. The van der Waals surface area contributed by atoms with Gasteiger partial charge < -0.3 is 9.67 Å². The van der Waals surface area contributed by atoms with Gasteiger partial charge in [-0.25, -0.2) is 4.98 Å². The maximum absolute atomic E-state index is 10.7. The van der Waals surface area contributed by atoms with Crippen LogP contribution in [-0.4, -0.2) is 26.4 Å². The Morgan fingerprint density at radius 2 is 2.25 bits per heavy atom. The van der Waals surface area contributed by atoms with E-state index in [0.717, 1.165) is 29.2 Å². The second kappa shape index (κ2) is 6.50. The number of aryl methyl sites for hydroxylation is 1. The van der Waals surface area contributed by atoms with E-state index in [1.807, 2.05) is 12.1 Å². The van der Waals surface area contributed by atoms with Crippen LogP contribution in [0.15, 0.2) is 23.4 Å². The van der Waals surface area contributed by atoms with Crippen molar-refractivity contribution in [2.75, 3.05) is 5.75 Å². The average molecular weight is 313 g/mol. The van der Waals surface area contributed by atoms with Gasteiger partial charge in [-0.05, 0) is 24.5 Å². The number of halogens is 1. The van der Waals surface area contributed by atoms with Gasteiger partial charge >= 0.3 is 5.97 Å². The molecule has 0 saturated carbocycles. The fourth-order valence-corrected chi connectivity index (χ4v) is 2.90. The zero-order chi connectivity index (χ0) is 14.7. The van der Waals surface area contributed by atoms with Crippen molar-refractivity contribution in [3.8, 4) is 0 Å². The van der Waals surface area contributed by atoms with E-state index in [2.05, 4.69) is 23.4 Å². The number of hydrogen-bond donors (Lipinski definition) is 1. The minimum absolute atomic E-state index is 0.00260. The first kappa shape index (κ1) is 15.2. The number of para-hydroxylation sites is 1. The van der Waals surface area contributed by atoms with Crippen LogP contribution in [0.25, 0.3) is 11.0 Å². The summed E-state index contributed by atoms with van der Waals surface area (Å²) in [5, 5.41) is 10.1. The smallest absolute Gasteiger partial charge is 0.313 e. The predicted octanol–water partition coefficient (Wildman–Crippen LogP) is 3.91. The Labute approximate surface area is 127 Å². The molecule has 0 saturated heterocycles. The number of benzene rings is 1. The second-order valence-corrected chi connectivity index (χ2v) is 6.37. The molecule has 0 bridgehead atoms. The maximum atomic E-state index is 10.7. The van der Waals surface area contributed by atoms with Gasteiger partial charge in [-0.15, -0.1) is 0 Å². The van der Waals surface area contributed by atoms with Gasteiger partial charge in [0.2, 0.25) is 0 Å². The molecule has 0 aliphatic carbocycles. The van der Waals surface area contributed by atoms with Crippen molar-refractivity contribution < 1.29 is 9.90 Å². The molecule has 2 rings (SSSR count). The van der Waals surface area contributed by atoms with Gasteiger partial charge in [-0.1, -0.05) is 43.3 Å². The van der Waals surface area contributed by atoms with Crippen molar-refractivity contribution in [1.29, 1.82) is 0 Å². The Morgan fingerprint density at radius 3 is 2.90 bits per heavy atom. The number of carboxylic acid groups (broad SMARTS) is 1. The van der Waals surface area contributed by atoms with Gasteiger partial charge in [0.1, 0.15) is 5.52 Å². The minimum Gasteiger partial charge on any atom is -0.481 e. The molecule has 0 aliphatic rings. The summed E-state index contributed by atoms with van der Waals surface area (Å²) in [4.78, 5) is 15.2. The fourth-order valence-electron chi connectivity index (χ4n) is 1.93. The summed E-state index contributed by atoms with van der Waals surface area (Å²) in [6.45, 7) is 5.14. The third-order valence-corrected chi connectivity index (χ3v) is 4.22. The SMILES string of the molecule is CC(C)CCn1c(SCC(=O)O)nc2c(Cl)cccc21. The molecule has 0 aliphatic heterocycles. The highest BCUT2D eigenvalue weighted by atomic mass is 35.5. The standard InChI is InChI=1S/C14H17ClN2O2S/c1-9(2)6-7-17-11-5-3-4-10(15)13(11)16-14(17)20-8-12(18)19/h3-5,9H,6-8H2,1-2H3,(H,18,19). The van der Waals surface area contributed by atoms with E-state index in [9.17, 15) is 4.79 Å². The fraction of sp³-hybridized carbons (Fsp3) is 0.429. The molecular formula is C14H17ClN2O2S. The first-order chi connectivity index (χ1) is 9.49. The van der Waals surface area contributed by atoms with Crippen molar-refractivity contribution in [1.82, 2.24) is 9.55 Å². The summed E-state index contributed by atoms with van der Waals surface area (Å²) >= 11 is 7.40. The number of fused-ring (bicyclic) bond motifs is 1. The lowest BCUT2D eigenvalue weighted by molar-refractivity contribution is -0.133. The first-order valence-electron chi connectivity index (χ1n) is 6.48. The van der Waals surface area contributed by atoms with E-state index in [0.29, 0.717) is 10.9 Å². The lowest BCUT2D eigenvalue weighted by Crippen LogP contribution is -2.05. The number of imidazole rings is 1. The van der Waals surface area contributed by atoms with Gasteiger partial charge in [-0.2, -0.15) is 0 Å². The molecule has 1 heterocycles. The van der Waals surface area contributed by atoms with Crippen molar-refractivity contribution in [3.05, 3.63) is 23.2 Å². The highest BCUT2D eigenvalue weighted by molar-refractivity contribution is 7.99. The van der Waals surface area contributed by atoms with Crippen LogP contribution in [0.3, 0.4) is 0 Å². The zero-order valence-electron chi connectivity index (χ0n) is 11.5. The molecule has 1 N–H and O–H groups in total. The summed E-state index contributed by atoms with van der Waals surface area (Å²) < 4.78 is 2.06. The van der Waals surface area contributed by atoms with Crippen LogP contribution in [0.2, 0.25) is 5.02 Å². The number of carboxylic acids is 1. The Kier molecular flexibility index (Phi) is 4.94. The number of thioether (sulfide) groups is 1. The monoisotopic (exact) mass is 312 g/mol. The molecule has 4 nitrogen and oxygen atoms in total. The van der Waals surface area contributed by atoms with E-state index in [4.69, 9.17) is 16.7 Å². The van der Waals surface area contributed by atoms with Gasteiger partial charge in [0.15, 0.2) is 5.16 Å². The van der Waals surface area contributed by atoms with Crippen molar-refractivity contribution in [2.45, 2.75) is 32.0 Å². The first-order valence-corrected chi connectivity index (χ1v) is 7.84. The highest BCUT2D eigenvalue weighted by Crippen LogP contribution is 2.29. The number of hydrogen-bond acceptors (Lipinski definition) is 3. The van der Waals surface area contributed by atoms with E-state index in [-0.39, 0.29) is 5.75 Å². The molecule has 1 aromatic carbocycles. The molecule has 108 valence electrons. The van der Waals surface area contributed by atoms with E-state index in [1.54, 1.807) is 6.07 Å². The van der Waals surface area contributed by atoms with Crippen LogP contribution in [0, 0.1) is 5.92 Å². The molecule has 0 fully saturated rings. The van der Waals surface area contributed by atoms with Crippen LogP contribution in [0.4, 0.5) is 0 Å². The molecule has 2 aromatic rings. The molecule has 1 aromatic heterocycles. The molecule has 20 heavy (non-hydrogen) atoms. The molecule has 0 radical (unpaired) electrons. The van der Waals surface area contributed by atoms with E-state index >= 15 is 0 Å². The Bertz CT molecular complexity index is 625. The van der Waals surface area contributed by atoms with Gasteiger partial charge in [-0.3, -0.25) is 4.79 Å². The summed E-state index contributed by atoms with van der Waals surface area (Å²) in [5.74, 6) is -0.268. The quantitative estimate of drug-likeness (QED) is 0.822. The van der Waals surface area contributed by atoms with Crippen LogP contribution in [-0.2, 0) is 11.3 Å². The van der Waals surface area contributed by atoms with Crippen molar-refractivity contribution >= 4 is 40.4 Å². The largest absolute Gasteiger partial charge is 0.481 e. The summed E-state index contributed by atoms with van der Waals surface area (Å²) in [5.41, 5.74) is 1.71. The van der Waals surface area contributed by atoms with Crippen molar-refractivity contribution in [3.63, 3.8) is 0 Å². The lowest BCUT2D eigenvalue weighted by atomic mass is 10.1. The van der Waals surface area contributed by atoms with Crippen molar-refractivity contribution in [2.24, 2.45) is 5.92 Å². The van der Waals surface area contributed by atoms with Gasteiger partial charge in [0.25, 0.3) is 0 Å². The average Bonchev–Trinajstić information content (AvgIpc) is 2.73. The van der Waals surface area contributed by atoms with Crippen LogP contribution >= 0.6 is 23.4 Å². The van der Waals surface area contributed by atoms with E-state index < -0.39 is 5.97 Å². The third-order valence-electron chi connectivity index (χ3n) is 2.95. The lowest BCUT2D eigenvalue weighted by Gasteiger charge is -2.10. The number of aliphatic carboxylic acids is 1. The Hall–Kier alpha value is -1.20. The summed E-state index contributed by atoms with van der Waals surface area (Å²) in [6, 6.07) is 5.67. The zero-order valence-corrected chi connectivity index (χ0v) is 13.0.